The standard InChI is InChI=1S/C28H28N2O3/c31-28(32-17-26-24-7-3-1-5-22(24)23-6-2-4-8-25(23)26)30-16-21-14-19-13-20(11-12-27(19)33-21)29-15-18-9-10-18/h1-8,11-13,18,21,26,29H,9-10,14-17H2,(H,30,31). The Hall–Kier alpha value is -3.47. The maximum absolute atomic E-state index is 12.5. The van der Waals surface area contributed by atoms with Gasteiger partial charge in [0.2, 0.25) is 0 Å². The zero-order valence-corrected chi connectivity index (χ0v) is 18.6. The first-order valence-electron chi connectivity index (χ1n) is 11.9. The highest BCUT2D eigenvalue weighted by Gasteiger charge is 2.29. The Morgan fingerprint density at radius 1 is 0.939 bits per heavy atom. The van der Waals surface area contributed by atoms with Gasteiger partial charge < -0.3 is 20.1 Å². The molecular formula is C28H28N2O3. The topological polar surface area (TPSA) is 59.6 Å². The van der Waals surface area contributed by atoms with Gasteiger partial charge in [0.1, 0.15) is 18.5 Å². The van der Waals surface area contributed by atoms with Crippen molar-refractivity contribution in [2.24, 2.45) is 5.92 Å². The number of carbonyl (C=O) groups is 1. The highest BCUT2D eigenvalue weighted by molar-refractivity contribution is 5.79. The molecule has 0 spiro atoms. The fourth-order valence-corrected chi connectivity index (χ4v) is 4.98. The number of nitrogens with one attached hydrogen (secondary N) is 2. The second kappa shape index (κ2) is 8.47. The lowest BCUT2D eigenvalue weighted by Crippen LogP contribution is -2.35. The molecule has 3 aromatic carbocycles. The Bertz CT molecular complexity index is 1140. The molecule has 1 heterocycles. The van der Waals surface area contributed by atoms with E-state index < -0.39 is 6.09 Å². The van der Waals surface area contributed by atoms with E-state index in [1.54, 1.807) is 0 Å². The Labute approximate surface area is 194 Å². The highest BCUT2D eigenvalue weighted by atomic mass is 16.5. The number of fused-ring (bicyclic) bond motifs is 4. The van der Waals surface area contributed by atoms with Crippen LogP contribution in [-0.4, -0.2) is 31.9 Å². The zero-order valence-electron chi connectivity index (χ0n) is 18.6. The van der Waals surface area contributed by atoms with Crippen LogP contribution in [-0.2, 0) is 11.2 Å². The van der Waals surface area contributed by atoms with Gasteiger partial charge in [0.25, 0.3) is 0 Å². The van der Waals surface area contributed by atoms with Crippen molar-refractivity contribution in [2.75, 3.05) is 25.0 Å². The molecule has 3 aromatic rings. The van der Waals surface area contributed by atoms with Crippen molar-refractivity contribution < 1.29 is 14.3 Å². The Morgan fingerprint density at radius 2 is 1.67 bits per heavy atom. The van der Waals surface area contributed by atoms with E-state index in [0.29, 0.717) is 13.2 Å². The summed E-state index contributed by atoms with van der Waals surface area (Å²) in [6.07, 6.45) is 3.00. The number of rotatable bonds is 7. The predicted molar refractivity (Wildman–Crippen MR) is 129 cm³/mol. The normalized spacial score (nSPS) is 18.1. The minimum atomic E-state index is -0.400. The number of benzene rings is 3. The van der Waals surface area contributed by atoms with Crippen LogP contribution >= 0.6 is 0 Å². The van der Waals surface area contributed by atoms with E-state index in [-0.39, 0.29) is 12.0 Å². The number of anilines is 1. The van der Waals surface area contributed by atoms with Crippen LogP contribution in [0.5, 0.6) is 5.75 Å². The molecule has 6 rings (SSSR count). The number of hydrogen-bond donors (Lipinski definition) is 2. The molecule has 33 heavy (non-hydrogen) atoms. The van der Waals surface area contributed by atoms with Gasteiger partial charge in [0.05, 0.1) is 6.54 Å². The molecule has 0 bridgehead atoms. The zero-order chi connectivity index (χ0) is 22.2. The molecule has 2 N–H and O–H groups in total. The molecule has 5 nitrogen and oxygen atoms in total. The summed E-state index contributed by atoms with van der Waals surface area (Å²) in [4.78, 5) is 12.5. The lowest BCUT2D eigenvalue weighted by atomic mass is 9.98. The van der Waals surface area contributed by atoms with Gasteiger partial charge in [-0.05, 0) is 64.8 Å². The van der Waals surface area contributed by atoms with Crippen LogP contribution in [0.3, 0.4) is 0 Å². The van der Waals surface area contributed by atoms with Crippen LogP contribution in [0, 0.1) is 5.92 Å². The van der Waals surface area contributed by atoms with E-state index in [4.69, 9.17) is 9.47 Å². The average Bonchev–Trinajstić information content (AvgIpc) is 3.50. The Balaban J connectivity index is 1.02. The largest absolute Gasteiger partial charge is 0.488 e. The smallest absolute Gasteiger partial charge is 0.407 e. The van der Waals surface area contributed by atoms with Crippen LogP contribution in [0.1, 0.15) is 35.4 Å². The summed E-state index contributed by atoms with van der Waals surface area (Å²) in [6.45, 7) is 1.80. The molecule has 1 saturated carbocycles. The van der Waals surface area contributed by atoms with Crippen LogP contribution in [0.25, 0.3) is 11.1 Å². The van der Waals surface area contributed by atoms with Crippen molar-refractivity contribution in [1.82, 2.24) is 5.32 Å². The quantitative estimate of drug-likeness (QED) is 0.520. The summed E-state index contributed by atoms with van der Waals surface area (Å²) < 4.78 is 11.7. The number of ether oxygens (including phenoxy) is 2. The van der Waals surface area contributed by atoms with E-state index in [0.717, 1.165) is 30.3 Å². The van der Waals surface area contributed by atoms with Gasteiger partial charge in [0.15, 0.2) is 0 Å². The summed E-state index contributed by atoms with van der Waals surface area (Å²) in [6, 6.07) is 23.0. The molecular weight excluding hydrogens is 412 g/mol. The minimum absolute atomic E-state index is 0.0664. The van der Waals surface area contributed by atoms with Crippen molar-refractivity contribution in [1.29, 1.82) is 0 Å². The number of amides is 1. The van der Waals surface area contributed by atoms with Crippen LogP contribution < -0.4 is 15.4 Å². The monoisotopic (exact) mass is 440 g/mol. The van der Waals surface area contributed by atoms with Crippen LogP contribution in [0.15, 0.2) is 66.7 Å². The Morgan fingerprint density at radius 3 is 2.39 bits per heavy atom. The summed E-state index contributed by atoms with van der Waals surface area (Å²) in [5.74, 6) is 1.81. The molecule has 5 heteroatoms. The summed E-state index contributed by atoms with van der Waals surface area (Å²) in [7, 11) is 0. The lowest BCUT2D eigenvalue weighted by Gasteiger charge is -2.16. The van der Waals surface area contributed by atoms with Gasteiger partial charge in [-0.3, -0.25) is 0 Å². The fourth-order valence-electron chi connectivity index (χ4n) is 4.98. The van der Waals surface area contributed by atoms with Gasteiger partial charge in [-0.25, -0.2) is 4.79 Å². The highest BCUT2D eigenvalue weighted by Crippen LogP contribution is 2.44. The van der Waals surface area contributed by atoms with E-state index in [1.807, 2.05) is 18.2 Å². The van der Waals surface area contributed by atoms with Crippen molar-refractivity contribution in [2.45, 2.75) is 31.3 Å². The molecule has 2 aliphatic carbocycles. The summed E-state index contributed by atoms with van der Waals surface area (Å²) in [5, 5.41) is 6.41. The molecule has 1 atom stereocenters. The van der Waals surface area contributed by atoms with Crippen molar-refractivity contribution in [3.8, 4) is 16.9 Å². The number of alkyl carbamates (subject to hydrolysis) is 1. The Kier molecular flexibility index (Phi) is 5.17. The maximum atomic E-state index is 12.5. The molecule has 3 aliphatic rings. The second-order valence-corrected chi connectivity index (χ2v) is 9.30. The minimum Gasteiger partial charge on any atom is -0.488 e. The number of carbonyl (C=O) groups excluding carboxylic acids is 1. The van der Waals surface area contributed by atoms with Gasteiger partial charge in [-0.15, -0.1) is 0 Å². The molecule has 168 valence electrons. The van der Waals surface area contributed by atoms with Gasteiger partial charge in [-0.2, -0.15) is 0 Å². The van der Waals surface area contributed by atoms with Crippen LogP contribution in [0.2, 0.25) is 0 Å². The second-order valence-electron chi connectivity index (χ2n) is 9.30. The molecule has 0 radical (unpaired) electrons. The van der Waals surface area contributed by atoms with Crippen LogP contribution in [0.4, 0.5) is 10.5 Å². The van der Waals surface area contributed by atoms with Crippen molar-refractivity contribution in [3.63, 3.8) is 0 Å². The molecule has 1 fully saturated rings. The summed E-state index contributed by atoms with van der Waals surface area (Å²) >= 11 is 0. The van der Waals surface area contributed by atoms with E-state index in [2.05, 4.69) is 59.2 Å². The molecule has 0 saturated heterocycles. The van der Waals surface area contributed by atoms with E-state index in [9.17, 15) is 4.79 Å². The molecule has 1 amide bonds. The third-order valence-electron chi connectivity index (χ3n) is 6.91. The molecule has 1 unspecified atom stereocenters. The first-order valence-corrected chi connectivity index (χ1v) is 11.9. The van der Waals surface area contributed by atoms with Gasteiger partial charge in [0, 0.05) is 24.6 Å². The molecule has 1 aliphatic heterocycles. The van der Waals surface area contributed by atoms with E-state index in [1.165, 1.54) is 40.7 Å². The number of hydrogen-bond acceptors (Lipinski definition) is 4. The third-order valence-corrected chi connectivity index (χ3v) is 6.91. The average molecular weight is 441 g/mol. The fraction of sp³-hybridized carbons (Fsp3) is 0.321. The first-order chi connectivity index (χ1) is 16.2. The van der Waals surface area contributed by atoms with E-state index >= 15 is 0 Å². The maximum Gasteiger partial charge on any atom is 0.407 e. The first kappa shape index (κ1) is 20.2. The predicted octanol–water partition coefficient (Wildman–Crippen LogP) is 5.35. The van der Waals surface area contributed by atoms with Crippen molar-refractivity contribution >= 4 is 11.8 Å². The third kappa shape index (κ3) is 4.15. The van der Waals surface area contributed by atoms with Gasteiger partial charge >= 0.3 is 6.09 Å². The SMILES string of the molecule is O=C(NCC1Cc2cc(NCC3CC3)ccc2O1)OCC1c2ccccc2-c2ccccc21. The van der Waals surface area contributed by atoms with Crippen molar-refractivity contribution in [3.05, 3.63) is 83.4 Å². The lowest BCUT2D eigenvalue weighted by molar-refractivity contribution is 0.136. The van der Waals surface area contributed by atoms with Gasteiger partial charge in [-0.1, -0.05) is 48.5 Å². The molecule has 0 aromatic heterocycles. The summed E-state index contributed by atoms with van der Waals surface area (Å²) in [5.41, 5.74) is 7.22.